The molecule has 0 radical (unpaired) electrons. The standard InChI is InChI=1S/C17H26N2O2/c1-3-12-5-4-6-14(9-7-12)19-15-11-13(17(18)20)8-10-16(15)21-2/h8,10-12,14,19H,3-7,9H2,1-2H3,(H2,18,20). The molecule has 116 valence electrons. The molecule has 1 aromatic carbocycles. The van der Waals surface area contributed by atoms with E-state index in [9.17, 15) is 4.79 Å². The maximum absolute atomic E-state index is 11.3. The zero-order valence-electron chi connectivity index (χ0n) is 13.0. The molecule has 2 rings (SSSR count). The molecule has 0 saturated heterocycles. The fourth-order valence-corrected chi connectivity index (χ4v) is 3.13. The van der Waals surface area contributed by atoms with Gasteiger partial charge >= 0.3 is 0 Å². The Morgan fingerprint density at radius 1 is 1.33 bits per heavy atom. The highest BCUT2D eigenvalue weighted by Gasteiger charge is 2.19. The number of ether oxygens (including phenoxy) is 1. The third-order valence-electron chi connectivity index (χ3n) is 4.51. The lowest BCUT2D eigenvalue weighted by atomic mass is 9.98. The first-order chi connectivity index (χ1) is 10.1. The number of anilines is 1. The number of benzene rings is 1. The molecule has 2 unspecified atom stereocenters. The van der Waals surface area contributed by atoms with Crippen LogP contribution in [-0.2, 0) is 0 Å². The molecule has 4 heteroatoms. The van der Waals surface area contributed by atoms with Gasteiger partial charge in [-0.15, -0.1) is 0 Å². The number of nitrogens with two attached hydrogens (primary N) is 1. The third kappa shape index (κ3) is 4.13. The third-order valence-corrected chi connectivity index (χ3v) is 4.51. The fourth-order valence-electron chi connectivity index (χ4n) is 3.13. The average Bonchev–Trinajstić information content (AvgIpc) is 2.72. The first-order valence-corrected chi connectivity index (χ1v) is 7.88. The lowest BCUT2D eigenvalue weighted by Gasteiger charge is -2.20. The maximum Gasteiger partial charge on any atom is 0.248 e. The molecule has 21 heavy (non-hydrogen) atoms. The highest BCUT2D eigenvalue weighted by atomic mass is 16.5. The van der Waals surface area contributed by atoms with Crippen LogP contribution in [0.4, 0.5) is 5.69 Å². The molecule has 0 heterocycles. The van der Waals surface area contributed by atoms with Crippen molar-refractivity contribution in [2.45, 2.75) is 51.5 Å². The lowest BCUT2D eigenvalue weighted by Crippen LogP contribution is -2.20. The number of amides is 1. The molecule has 1 saturated carbocycles. The van der Waals surface area contributed by atoms with Crippen LogP contribution >= 0.6 is 0 Å². The summed E-state index contributed by atoms with van der Waals surface area (Å²) in [6.07, 6.45) is 7.46. The number of nitrogens with one attached hydrogen (secondary N) is 1. The molecule has 1 aliphatic rings. The van der Waals surface area contributed by atoms with Crippen molar-refractivity contribution in [3.05, 3.63) is 23.8 Å². The predicted molar refractivity (Wildman–Crippen MR) is 85.8 cm³/mol. The molecule has 4 nitrogen and oxygen atoms in total. The summed E-state index contributed by atoms with van der Waals surface area (Å²) in [6, 6.07) is 5.74. The SMILES string of the molecule is CCC1CCCC(Nc2cc(C(N)=O)ccc2OC)CC1. The van der Waals surface area contributed by atoms with E-state index in [1.54, 1.807) is 25.3 Å². The smallest absolute Gasteiger partial charge is 0.248 e. The van der Waals surface area contributed by atoms with Crippen molar-refractivity contribution < 1.29 is 9.53 Å². The second-order valence-corrected chi connectivity index (χ2v) is 5.90. The van der Waals surface area contributed by atoms with Gasteiger partial charge < -0.3 is 15.8 Å². The minimum atomic E-state index is -0.410. The van der Waals surface area contributed by atoms with Crippen molar-refractivity contribution in [2.24, 2.45) is 11.7 Å². The van der Waals surface area contributed by atoms with E-state index < -0.39 is 5.91 Å². The highest BCUT2D eigenvalue weighted by Crippen LogP contribution is 2.31. The predicted octanol–water partition coefficient (Wildman–Crippen LogP) is 3.56. The molecule has 3 N–H and O–H groups in total. The Labute approximate surface area is 127 Å². The van der Waals surface area contributed by atoms with Crippen molar-refractivity contribution in [3.63, 3.8) is 0 Å². The molecule has 1 aromatic rings. The Bertz CT molecular complexity index is 488. The zero-order chi connectivity index (χ0) is 15.2. The molecule has 2 atom stereocenters. The van der Waals surface area contributed by atoms with Gasteiger partial charge in [-0.3, -0.25) is 4.79 Å². The van der Waals surface area contributed by atoms with Gasteiger partial charge in [0.15, 0.2) is 0 Å². The average molecular weight is 290 g/mol. The van der Waals surface area contributed by atoms with Crippen LogP contribution in [0.3, 0.4) is 0 Å². The van der Waals surface area contributed by atoms with Crippen LogP contribution in [0, 0.1) is 5.92 Å². The summed E-state index contributed by atoms with van der Waals surface area (Å²) in [7, 11) is 1.64. The van der Waals surface area contributed by atoms with Gasteiger partial charge in [0.1, 0.15) is 5.75 Å². The van der Waals surface area contributed by atoms with Crippen LogP contribution in [0.15, 0.2) is 18.2 Å². The molecule has 0 bridgehead atoms. The number of hydrogen-bond donors (Lipinski definition) is 2. The summed E-state index contributed by atoms with van der Waals surface area (Å²) >= 11 is 0. The highest BCUT2D eigenvalue weighted by molar-refractivity contribution is 5.94. The van der Waals surface area contributed by atoms with E-state index in [1.165, 1.54) is 38.5 Å². The van der Waals surface area contributed by atoms with Gasteiger partial charge in [0.2, 0.25) is 5.91 Å². The van der Waals surface area contributed by atoms with E-state index in [1.807, 2.05) is 0 Å². The number of rotatable bonds is 5. The first kappa shape index (κ1) is 15.7. The van der Waals surface area contributed by atoms with Gasteiger partial charge in [0.05, 0.1) is 12.8 Å². The minimum absolute atomic E-state index is 0.410. The van der Waals surface area contributed by atoms with Crippen LogP contribution in [0.5, 0.6) is 5.75 Å². The Hall–Kier alpha value is -1.71. The molecule has 0 aliphatic heterocycles. The van der Waals surface area contributed by atoms with E-state index in [2.05, 4.69) is 12.2 Å². The number of hydrogen-bond acceptors (Lipinski definition) is 3. The topological polar surface area (TPSA) is 64.3 Å². The Kier molecular flexibility index (Phi) is 5.48. The number of methoxy groups -OCH3 is 1. The van der Waals surface area contributed by atoms with Crippen LogP contribution in [0.25, 0.3) is 0 Å². The van der Waals surface area contributed by atoms with Crippen LogP contribution in [0.2, 0.25) is 0 Å². The molecule has 0 aromatic heterocycles. The number of carbonyl (C=O) groups is 1. The normalized spacial score (nSPS) is 22.4. The maximum atomic E-state index is 11.3. The lowest BCUT2D eigenvalue weighted by molar-refractivity contribution is 0.100. The van der Waals surface area contributed by atoms with Gasteiger partial charge in [0.25, 0.3) is 0 Å². The molecular weight excluding hydrogens is 264 g/mol. The van der Waals surface area contributed by atoms with Gasteiger partial charge in [-0.2, -0.15) is 0 Å². The Morgan fingerprint density at radius 2 is 2.14 bits per heavy atom. The molecular formula is C17H26N2O2. The minimum Gasteiger partial charge on any atom is -0.495 e. The summed E-state index contributed by atoms with van der Waals surface area (Å²) in [5.74, 6) is 1.21. The summed E-state index contributed by atoms with van der Waals surface area (Å²) < 4.78 is 5.38. The first-order valence-electron chi connectivity index (χ1n) is 7.88. The van der Waals surface area contributed by atoms with E-state index in [4.69, 9.17) is 10.5 Å². The molecule has 1 aliphatic carbocycles. The van der Waals surface area contributed by atoms with Crippen molar-refractivity contribution >= 4 is 11.6 Å². The second-order valence-electron chi connectivity index (χ2n) is 5.90. The summed E-state index contributed by atoms with van der Waals surface area (Å²) in [6.45, 7) is 2.28. The van der Waals surface area contributed by atoms with Gasteiger partial charge in [-0.1, -0.05) is 26.2 Å². The van der Waals surface area contributed by atoms with Crippen molar-refractivity contribution in [3.8, 4) is 5.75 Å². The second kappa shape index (κ2) is 7.34. The Balaban J connectivity index is 2.10. The monoisotopic (exact) mass is 290 g/mol. The van der Waals surface area contributed by atoms with Gasteiger partial charge in [-0.25, -0.2) is 0 Å². The van der Waals surface area contributed by atoms with E-state index in [0.717, 1.165) is 17.4 Å². The van der Waals surface area contributed by atoms with E-state index >= 15 is 0 Å². The van der Waals surface area contributed by atoms with Crippen molar-refractivity contribution in [2.75, 3.05) is 12.4 Å². The quantitative estimate of drug-likeness (QED) is 0.815. The summed E-state index contributed by atoms with van der Waals surface area (Å²) in [5, 5.41) is 3.55. The largest absolute Gasteiger partial charge is 0.495 e. The molecule has 1 amide bonds. The fraction of sp³-hybridized carbons (Fsp3) is 0.588. The van der Waals surface area contributed by atoms with Gasteiger partial charge in [-0.05, 0) is 43.4 Å². The zero-order valence-corrected chi connectivity index (χ0v) is 13.0. The van der Waals surface area contributed by atoms with Crippen LogP contribution in [-0.4, -0.2) is 19.1 Å². The van der Waals surface area contributed by atoms with Crippen molar-refractivity contribution in [1.29, 1.82) is 0 Å². The van der Waals surface area contributed by atoms with Crippen molar-refractivity contribution in [1.82, 2.24) is 0 Å². The van der Waals surface area contributed by atoms with Crippen LogP contribution in [0.1, 0.15) is 55.8 Å². The molecule has 1 fully saturated rings. The number of carbonyl (C=O) groups excluding carboxylic acids is 1. The van der Waals surface area contributed by atoms with Gasteiger partial charge in [0, 0.05) is 11.6 Å². The van der Waals surface area contributed by atoms with Crippen LogP contribution < -0.4 is 15.8 Å². The Morgan fingerprint density at radius 3 is 2.81 bits per heavy atom. The summed E-state index contributed by atoms with van der Waals surface area (Å²) in [4.78, 5) is 11.3. The van der Waals surface area contributed by atoms with E-state index in [-0.39, 0.29) is 0 Å². The molecule has 0 spiro atoms. The summed E-state index contributed by atoms with van der Waals surface area (Å²) in [5.41, 5.74) is 6.74. The number of primary amides is 1. The van der Waals surface area contributed by atoms with E-state index in [0.29, 0.717) is 11.6 Å².